The Balaban J connectivity index is 0.00000162. The molecule has 0 aromatic carbocycles. The van der Waals surface area contributed by atoms with E-state index in [4.69, 9.17) is 4.42 Å². The van der Waals surface area contributed by atoms with Gasteiger partial charge >= 0.3 is 0 Å². The number of sulfonamides is 1. The van der Waals surface area contributed by atoms with Gasteiger partial charge in [-0.05, 0) is 44.5 Å². The molecule has 1 unspecified atom stereocenters. The molecular formula is C11H19ClN2O3S. The summed E-state index contributed by atoms with van der Waals surface area (Å²) in [5.74, 6) is 0.387. The van der Waals surface area contributed by atoms with Gasteiger partial charge in [-0.3, -0.25) is 0 Å². The Kier molecular flexibility index (Phi) is 5.65. The molecule has 104 valence electrons. The third kappa shape index (κ3) is 3.26. The quantitative estimate of drug-likeness (QED) is 0.910. The van der Waals surface area contributed by atoms with E-state index in [0.29, 0.717) is 19.0 Å². The Bertz CT molecular complexity index is 445. The van der Waals surface area contributed by atoms with Crippen LogP contribution in [0.25, 0.3) is 0 Å². The largest absolute Gasteiger partial charge is 0.452 e. The fourth-order valence-corrected chi connectivity index (χ4v) is 3.70. The summed E-state index contributed by atoms with van der Waals surface area (Å²) in [7, 11) is -1.54. The first-order valence-corrected chi connectivity index (χ1v) is 7.27. The van der Waals surface area contributed by atoms with Crippen LogP contribution >= 0.6 is 12.4 Å². The minimum atomic E-state index is -3.43. The van der Waals surface area contributed by atoms with Gasteiger partial charge < -0.3 is 9.73 Å². The van der Waals surface area contributed by atoms with E-state index >= 15 is 0 Å². The number of halogens is 1. The molecule has 1 aliphatic rings. The number of nitrogens with zero attached hydrogens (tertiary/aromatic N) is 1. The van der Waals surface area contributed by atoms with Gasteiger partial charge in [-0.2, -0.15) is 4.31 Å². The number of furan rings is 1. The fourth-order valence-electron chi connectivity index (χ4n) is 2.24. The number of hydrogen-bond donors (Lipinski definition) is 1. The first-order valence-electron chi connectivity index (χ1n) is 5.83. The third-order valence-corrected chi connectivity index (χ3v) is 4.82. The van der Waals surface area contributed by atoms with Gasteiger partial charge in [0.05, 0.1) is 6.26 Å². The molecular weight excluding hydrogens is 276 g/mol. The van der Waals surface area contributed by atoms with Crippen molar-refractivity contribution < 1.29 is 12.8 Å². The van der Waals surface area contributed by atoms with Crippen molar-refractivity contribution in [2.24, 2.45) is 5.92 Å². The number of rotatable bonds is 4. The minimum Gasteiger partial charge on any atom is -0.452 e. The van der Waals surface area contributed by atoms with Crippen molar-refractivity contribution >= 4 is 22.4 Å². The monoisotopic (exact) mass is 294 g/mol. The summed E-state index contributed by atoms with van der Waals surface area (Å²) < 4.78 is 30.9. The lowest BCUT2D eigenvalue weighted by atomic mass is 10.00. The van der Waals surface area contributed by atoms with Crippen molar-refractivity contribution in [3.63, 3.8) is 0 Å². The lowest BCUT2D eigenvalue weighted by Crippen LogP contribution is -2.42. The Labute approximate surface area is 114 Å². The van der Waals surface area contributed by atoms with Gasteiger partial charge in [0.15, 0.2) is 0 Å². The van der Waals surface area contributed by atoms with Crippen LogP contribution in [0.3, 0.4) is 0 Å². The van der Waals surface area contributed by atoms with Crippen LogP contribution in [-0.2, 0) is 10.0 Å². The highest BCUT2D eigenvalue weighted by Crippen LogP contribution is 2.23. The van der Waals surface area contributed by atoms with Gasteiger partial charge in [0.1, 0.15) is 0 Å². The molecule has 7 heteroatoms. The zero-order chi connectivity index (χ0) is 12.3. The second-order valence-corrected chi connectivity index (χ2v) is 6.23. The molecule has 1 N–H and O–H groups in total. The second-order valence-electron chi connectivity index (χ2n) is 4.36. The number of piperidine rings is 1. The number of nitrogens with one attached hydrogen (secondary N) is 1. The molecule has 0 aliphatic carbocycles. The molecule has 2 heterocycles. The maximum Gasteiger partial charge on any atom is 0.276 e. The summed E-state index contributed by atoms with van der Waals surface area (Å²) in [6.07, 6.45) is 3.37. The normalized spacial score (nSPS) is 21.5. The highest BCUT2D eigenvalue weighted by molar-refractivity contribution is 7.89. The Morgan fingerprint density at radius 2 is 2.33 bits per heavy atom. The lowest BCUT2D eigenvalue weighted by Gasteiger charge is -2.31. The molecule has 0 saturated carbocycles. The lowest BCUT2D eigenvalue weighted by molar-refractivity contribution is 0.258. The summed E-state index contributed by atoms with van der Waals surface area (Å²) in [5.41, 5.74) is 0. The summed E-state index contributed by atoms with van der Waals surface area (Å²) in [5, 5.41) is 3.14. The van der Waals surface area contributed by atoms with E-state index in [1.807, 2.05) is 7.05 Å². The maximum atomic E-state index is 12.2. The van der Waals surface area contributed by atoms with Crippen molar-refractivity contribution in [2.45, 2.75) is 17.9 Å². The maximum absolute atomic E-state index is 12.2. The first-order chi connectivity index (χ1) is 8.14. The highest BCUT2D eigenvalue weighted by Gasteiger charge is 2.31. The van der Waals surface area contributed by atoms with Gasteiger partial charge in [0.25, 0.3) is 10.0 Å². The van der Waals surface area contributed by atoms with Crippen LogP contribution in [0.4, 0.5) is 0 Å². The zero-order valence-corrected chi connectivity index (χ0v) is 12.0. The molecule has 1 aromatic heterocycles. The van der Waals surface area contributed by atoms with Crippen molar-refractivity contribution in [1.82, 2.24) is 9.62 Å². The molecule has 1 atom stereocenters. The summed E-state index contributed by atoms with van der Waals surface area (Å²) in [6, 6.07) is 3.10. The molecule has 1 saturated heterocycles. The summed E-state index contributed by atoms with van der Waals surface area (Å²) in [4.78, 5) is 0. The summed E-state index contributed by atoms with van der Waals surface area (Å²) >= 11 is 0. The second kappa shape index (κ2) is 6.56. The Morgan fingerprint density at radius 3 is 2.94 bits per heavy atom. The molecule has 0 amide bonds. The van der Waals surface area contributed by atoms with E-state index in [9.17, 15) is 8.42 Å². The third-order valence-electron chi connectivity index (χ3n) is 3.06. The molecule has 2 rings (SSSR count). The fraction of sp³-hybridized carbons (Fsp3) is 0.636. The molecule has 1 aromatic rings. The van der Waals surface area contributed by atoms with Crippen molar-refractivity contribution in [2.75, 3.05) is 26.7 Å². The van der Waals surface area contributed by atoms with Crippen LogP contribution in [0.2, 0.25) is 0 Å². The molecule has 18 heavy (non-hydrogen) atoms. The van der Waals surface area contributed by atoms with E-state index in [1.165, 1.54) is 16.6 Å². The van der Waals surface area contributed by atoms with E-state index in [2.05, 4.69) is 5.32 Å². The molecule has 1 fully saturated rings. The van der Waals surface area contributed by atoms with E-state index in [1.54, 1.807) is 6.07 Å². The molecule has 5 nitrogen and oxygen atoms in total. The van der Waals surface area contributed by atoms with Gasteiger partial charge in [0.2, 0.25) is 5.09 Å². The standard InChI is InChI=1S/C11H18N2O3S.ClH/c1-12-8-10-4-2-6-13(9-10)17(14,15)11-5-3-7-16-11;/h3,5,7,10,12H,2,4,6,8-9H2,1H3;1H. The minimum absolute atomic E-state index is 0. The highest BCUT2D eigenvalue weighted by atomic mass is 35.5. The van der Waals surface area contributed by atoms with E-state index in [0.717, 1.165) is 19.4 Å². The van der Waals surface area contributed by atoms with E-state index in [-0.39, 0.29) is 17.5 Å². The van der Waals surface area contributed by atoms with Crippen LogP contribution < -0.4 is 5.32 Å². The average molecular weight is 295 g/mol. The Morgan fingerprint density at radius 1 is 1.56 bits per heavy atom. The predicted molar refractivity (Wildman–Crippen MR) is 71.4 cm³/mol. The first kappa shape index (κ1) is 15.5. The van der Waals surface area contributed by atoms with Crippen LogP contribution in [0.1, 0.15) is 12.8 Å². The smallest absolute Gasteiger partial charge is 0.276 e. The van der Waals surface area contributed by atoms with Crippen molar-refractivity contribution in [3.8, 4) is 0 Å². The van der Waals surface area contributed by atoms with Gasteiger partial charge in [-0.15, -0.1) is 12.4 Å². The van der Waals surface area contributed by atoms with Gasteiger partial charge in [0, 0.05) is 13.1 Å². The van der Waals surface area contributed by atoms with Gasteiger partial charge in [-0.25, -0.2) is 8.42 Å². The zero-order valence-electron chi connectivity index (χ0n) is 10.3. The molecule has 0 radical (unpaired) electrons. The van der Waals surface area contributed by atoms with Crippen molar-refractivity contribution in [3.05, 3.63) is 18.4 Å². The van der Waals surface area contributed by atoms with Crippen LogP contribution in [-0.4, -0.2) is 39.4 Å². The van der Waals surface area contributed by atoms with Gasteiger partial charge in [-0.1, -0.05) is 0 Å². The molecule has 1 aliphatic heterocycles. The van der Waals surface area contributed by atoms with Crippen LogP contribution in [0, 0.1) is 5.92 Å². The summed E-state index contributed by atoms with van der Waals surface area (Å²) in [6.45, 7) is 2.01. The molecule has 0 bridgehead atoms. The van der Waals surface area contributed by atoms with Crippen molar-refractivity contribution in [1.29, 1.82) is 0 Å². The topological polar surface area (TPSA) is 62.6 Å². The average Bonchev–Trinajstić information content (AvgIpc) is 2.84. The molecule has 0 spiro atoms. The SMILES string of the molecule is CNCC1CCCN(S(=O)(=O)c2ccco2)C1.Cl. The Hall–Kier alpha value is -0.560. The van der Waals surface area contributed by atoms with E-state index < -0.39 is 10.0 Å². The van der Waals surface area contributed by atoms with Crippen LogP contribution in [0.15, 0.2) is 27.9 Å². The van der Waals surface area contributed by atoms with Crippen LogP contribution in [0.5, 0.6) is 0 Å². The number of hydrogen-bond acceptors (Lipinski definition) is 4. The predicted octanol–water partition coefficient (Wildman–Crippen LogP) is 1.32.